The van der Waals surface area contributed by atoms with Gasteiger partial charge in [-0.15, -0.1) is 0 Å². The number of piperazine rings is 1. The van der Waals surface area contributed by atoms with Gasteiger partial charge in [0.2, 0.25) is 5.96 Å². The third-order valence-electron chi connectivity index (χ3n) is 4.49. The molecule has 1 aromatic carbocycles. The molecule has 0 radical (unpaired) electrons. The average Bonchev–Trinajstić information content (AvgIpc) is 3.06. The van der Waals surface area contributed by atoms with Gasteiger partial charge in [-0.05, 0) is 31.2 Å². The molecule has 1 saturated heterocycles. The van der Waals surface area contributed by atoms with Gasteiger partial charge in [0, 0.05) is 26.2 Å². The number of aryl methyl sites for hydroxylation is 1. The zero-order valence-electron chi connectivity index (χ0n) is 13.8. The second-order valence-corrected chi connectivity index (χ2v) is 7.91. The summed E-state index contributed by atoms with van der Waals surface area (Å²) in [6.07, 6.45) is 0.901. The number of likely N-dealkylation sites (N-methyl/N-ethyl adjacent to an activating group) is 1. The molecule has 126 valence electrons. The van der Waals surface area contributed by atoms with Gasteiger partial charge in [0.05, 0.1) is 18.0 Å². The van der Waals surface area contributed by atoms with Crippen LogP contribution in [0.5, 0.6) is 0 Å². The quantitative estimate of drug-likeness (QED) is 0.821. The Kier molecular flexibility index (Phi) is 4.59. The van der Waals surface area contributed by atoms with Crippen LogP contribution >= 0.6 is 0 Å². The second kappa shape index (κ2) is 6.49. The first kappa shape index (κ1) is 16.3. The lowest BCUT2D eigenvalue weighted by atomic mass is 10.2. The van der Waals surface area contributed by atoms with Crippen LogP contribution in [0.1, 0.15) is 12.5 Å². The lowest BCUT2D eigenvalue weighted by molar-refractivity contribution is 0.208. The number of rotatable bonds is 3. The fourth-order valence-corrected chi connectivity index (χ4v) is 4.38. The van der Waals surface area contributed by atoms with Crippen molar-refractivity contribution in [3.05, 3.63) is 29.8 Å². The van der Waals surface area contributed by atoms with Crippen LogP contribution in [-0.4, -0.2) is 74.8 Å². The summed E-state index contributed by atoms with van der Waals surface area (Å²) in [7, 11) is -1.45. The predicted molar refractivity (Wildman–Crippen MR) is 91.1 cm³/mol. The number of nitrogens with zero attached hydrogens (tertiary/aromatic N) is 4. The number of guanidine groups is 1. The van der Waals surface area contributed by atoms with E-state index in [-0.39, 0.29) is 0 Å². The van der Waals surface area contributed by atoms with Gasteiger partial charge in [0.15, 0.2) is 0 Å². The first-order valence-electron chi connectivity index (χ1n) is 8.12. The van der Waals surface area contributed by atoms with Crippen molar-refractivity contribution in [1.29, 1.82) is 0 Å². The van der Waals surface area contributed by atoms with Gasteiger partial charge >= 0.3 is 0 Å². The highest BCUT2D eigenvalue weighted by atomic mass is 32.2. The maximum Gasteiger partial charge on any atom is 0.266 e. The molecule has 1 fully saturated rings. The van der Waals surface area contributed by atoms with Gasteiger partial charge in [0.25, 0.3) is 10.0 Å². The van der Waals surface area contributed by atoms with Crippen molar-refractivity contribution in [2.75, 3.05) is 46.3 Å². The van der Waals surface area contributed by atoms with Crippen LogP contribution in [0.25, 0.3) is 0 Å². The molecule has 0 atom stereocenters. The summed E-state index contributed by atoms with van der Waals surface area (Å²) in [6, 6.07) is 7.17. The van der Waals surface area contributed by atoms with E-state index >= 15 is 0 Å². The molecule has 6 nitrogen and oxygen atoms in total. The van der Waals surface area contributed by atoms with Gasteiger partial charge in [-0.1, -0.05) is 19.1 Å². The summed E-state index contributed by atoms with van der Waals surface area (Å²) in [5.74, 6) is 0.609. The minimum atomic E-state index is -3.53. The lowest BCUT2D eigenvalue weighted by Gasteiger charge is -2.36. The van der Waals surface area contributed by atoms with Crippen molar-refractivity contribution in [1.82, 2.24) is 14.1 Å². The molecule has 3 rings (SSSR count). The second-order valence-electron chi connectivity index (χ2n) is 6.05. The molecular formula is C16H24N4O2S. The number of aliphatic imine (C=N–C) groups is 1. The van der Waals surface area contributed by atoms with Crippen molar-refractivity contribution in [2.24, 2.45) is 4.99 Å². The number of hydrogen-bond donors (Lipinski definition) is 0. The molecule has 1 aromatic rings. The van der Waals surface area contributed by atoms with E-state index in [1.165, 1.54) is 4.31 Å². The van der Waals surface area contributed by atoms with Crippen LogP contribution in [0.4, 0.5) is 0 Å². The summed E-state index contributed by atoms with van der Waals surface area (Å²) < 4.78 is 27.4. The van der Waals surface area contributed by atoms with Crippen molar-refractivity contribution < 1.29 is 8.42 Å². The van der Waals surface area contributed by atoms with E-state index in [0.717, 1.165) is 38.2 Å². The smallest absolute Gasteiger partial charge is 0.266 e. The first-order chi connectivity index (χ1) is 11.0. The van der Waals surface area contributed by atoms with Gasteiger partial charge in [-0.25, -0.2) is 12.7 Å². The molecule has 0 bridgehead atoms. The molecule has 0 unspecified atom stereocenters. The summed E-state index contributed by atoms with van der Waals surface area (Å²) in [5.41, 5.74) is 1.14. The zero-order chi connectivity index (χ0) is 16.4. The maximum absolute atomic E-state index is 13.0. The molecule has 0 amide bonds. The Hall–Kier alpha value is -1.60. The molecule has 2 aliphatic rings. The Bertz CT molecular complexity index is 677. The third kappa shape index (κ3) is 3.21. The molecule has 0 aromatic heterocycles. The molecule has 2 heterocycles. The monoisotopic (exact) mass is 336 g/mol. The average molecular weight is 336 g/mol. The predicted octanol–water partition coefficient (Wildman–Crippen LogP) is 0.857. The van der Waals surface area contributed by atoms with Crippen LogP contribution in [0.2, 0.25) is 0 Å². The van der Waals surface area contributed by atoms with Crippen LogP contribution in [0, 0.1) is 0 Å². The number of sulfonamides is 1. The van der Waals surface area contributed by atoms with Crippen molar-refractivity contribution in [3.8, 4) is 0 Å². The van der Waals surface area contributed by atoms with E-state index in [0.29, 0.717) is 23.9 Å². The van der Waals surface area contributed by atoms with Crippen molar-refractivity contribution in [3.63, 3.8) is 0 Å². The Morgan fingerprint density at radius 1 is 1.04 bits per heavy atom. The van der Waals surface area contributed by atoms with Crippen LogP contribution in [-0.2, 0) is 16.4 Å². The maximum atomic E-state index is 13.0. The molecule has 0 saturated carbocycles. The summed E-state index contributed by atoms with van der Waals surface area (Å²) in [4.78, 5) is 9.14. The van der Waals surface area contributed by atoms with Gasteiger partial charge in [-0.2, -0.15) is 0 Å². The standard InChI is InChI=1S/C16H24N4O2S/c1-3-14-4-6-15(7-5-14)23(21,22)20-9-8-17-16(20)19-12-10-18(2)11-13-19/h4-7H,3,8-13H2,1-2H3. The van der Waals surface area contributed by atoms with Gasteiger partial charge in [0.1, 0.15) is 0 Å². The molecule has 0 spiro atoms. The van der Waals surface area contributed by atoms with E-state index in [1.807, 2.05) is 12.1 Å². The largest absolute Gasteiger partial charge is 0.339 e. The SMILES string of the molecule is CCc1ccc(S(=O)(=O)N2CCN=C2N2CCN(C)CC2)cc1. The lowest BCUT2D eigenvalue weighted by Crippen LogP contribution is -2.52. The van der Waals surface area contributed by atoms with E-state index in [4.69, 9.17) is 0 Å². The highest BCUT2D eigenvalue weighted by molar-refractivity contribution is 7.89. The van der Waals surface area contributed by atoms with Crippen LogP contribution < -0.4 is 0 Å². The molecule has 0 aliphatic carbocycles. The van der Waals surface area contributed by atoms with Crippen LogP contribution in [0.15, 0.2) is 34.2 Å². The summed E-state index contributed by atoms with van der Waals surface area (Å²) in [5, 5.41) is 0. The van der Waals surface area contributed by atoms with E-state index in [9.17, 15) is 8.42 Å². The van der Waals surface area contributed by atoms with E-state index in [2.05, 4.69) is 28.8 Å². The number of benzene rings is 1. The topological polar surface area (TPSA) is 56.2 Å². The first-order valence-corrected chi connectivity index (χ1v) is 9.56. The Labute approximate surface area is 138 Å². The molecule has 7 heteroatoms. The van der Waals surface area contributed by atoms with Gasteiger partial charge < -0.3 is 9.80 Å². The van der Waals surface area contributed by atoms with Crippen molar-refractivity contribution >= 4 is 16.0 Å². The normalized spacial score (nSPS) is 20.0. The molecule has 0 N–H and O–H groups in total. The Balaban J connectivity index is 1.82. The fraction of sp³-hybridized carbons (Fsp3) is 0.562. The molecule has 2 aliphatic heterocycles. The molecular weight excluding hydrogens is 312 g/mol. The van der Waals surface area contributed by atoms with E-state index < -0.39 is 10.0 Å². The Morgan fingerprint density at radius 2 is 1.70 bits per heavy atom. The van der Waals surface area contributed by atoms with Crippen molar-refractivity contribution in [2.45, 2.75) is 18.2 Å². The minimum Gasteiger partial charge on any atom is -0.339 e. The van der Waals surface area contributed by atoms with Crippen LogP contribution in [0.3, 0.4) is 0 Å². The van der Waals surface area contributed by atoms with E-state index in [1.54, 1.807) is 12.1 Å². The highest BCUT2D eigenvalue weighted by Crippen LogP contribution is 2.21. The Morgan fingerprint density at radius 3 is 2.30 bits per heavy atom. The minimum absolute atomic E-state index is 0.346. The molecule has 23 heavy (non-hydrogen) atoms. The van der Waals surface area contributed by atoms with Gasteiger partial charge in [-0.3, -0.25) is 4.99 Å². The zero-order valence-corrected chi connectivity index (χ0v) is 14.6. The number of hydrogen-bond acceptors (Lipinski definition) is 5. The fourth-order valence-electron chi connectivity index (χ4n) is 2.94. The summed E-state index contributed by atoms with van der Waals surface area (Å²) >= 11 is 0. The third-order valence-corrected chi connectivity index (χ3v) is 6.28. The summed E-state index contributed by atoms with van der Waals surface area (Å²) in [6.45, 7) is 6.51. The highest BCUT2D eigenvalue weighted by Gasteiger charge is 2.34.